The molecule has 1 fully saturated rings. The van der Waals surface area contributed by atoms with Gasteiger partial charge in [-0.3, -0.25) is 10.3 Å². The van der Waals surface area contributed by atoms with Crippen molar-refractivity contribution in [3.05, 3.63) is 23.7 Å². The summed E-state index contributed by atoms with van der Waals surface area (Å²) in [6.07, 6.45) is 1.04. The summed E-state index contributed by atoms with van der Waals surface area (Å²) in [7, 11) is 0. The molecule has 2 heterocycles. The van der Waals surface area contributed by atoms with Crippen LogP contribution in [0.3, 0.4) is 0 Å². The van der Waals surface area contributed by atoms with Crippen molar-refractivity contribution in [3.63, 3.8) is 0 Å². The van der Waals surface area contributed by atoms with Crippen LogP contribution in [0, 0.1) is 6.92 Å². The Morgan fingerprint density at radius 2 is 2.14 bits per heavy atom. The van der Waals surface area contributed by atoms with E-state index in [2.05, 4.69) is 20.7 Å². The van der Waals surface area contributed by atoms with E-state index in [1.807, 2.05) is 26.0 Å². The smallest absolute Gasteiger partial charge is 0.186 e. The van der Waals surface area contributed by atoms with Gasteiger partial charge in [0.25, 0.3) is 0 Å². The normalized spacial score (nSPS) is 16.5. The first-order chi connectivity index (χ1) is 10.6. The van der Waals surface area contributed by atoms with Crippen LogP contribution in [0.2, 0.25) is 0 Å². The molecule has 1 aromatic heterocycles. The molecule has 0 bridgehead atoms. The van der Waals surface area contributed by atoms with Crippen LogP contribution in [-0.2, 0) is 4.74 Å². The highest BCUT2D eigenvalue weighted by molar-refractivity contribution is 7.80. The van der Waals surface area contributed by atoms with E-state index in [1.54, 1.807) is 0 Å². The van der Waals surface area contributed by atoms with Gasteiger partial charge in [0.05, 0.1) is 13.2 Å². The van der Waals surface area contributed by atoms with Gasteiger partial charge in [-0.1, -0.05) is 0 Å². The van der Waals surface area contributed by atoms with E-state index in [-0.39, 0.29) is 0 Å². The molecule has 6 nitrogen and oxygen atoms in total. The zero-order chi connectivity index (χ0) is 15.8. The van der Waals surface area contributed by atoms with Crippen LogP contribution in [0.5, 0.6) is 0 Å². The second-order valence-corrected chi connectivity index (χ2v) is 5.69. The summed E-state index contributed by atoms with van der Waals surface area (Å²) in [6.45, 7) is 9.41. The fraction of sp³-hybridized carbons (Fsp3) is 0.600. The summed E-state index contributed by atoms with van der Waals surface area (Å²) in [5.74, 6) is 1.62. The fourth-order valence-corrected chi connectivity index (χ4v) is 2.34. The Hall–Kier alpha value is -1.44. The third kappa shape index (κ3) is 5.75. The third-order valence-corrected chi connectivity index (χ3v) is 3.70. The lowest BCUT2D eigenvalue weighted by Gasteiger charge is -2.26. The lowest BCUT2D eigenvalue weighted by molar-refractivity contribution is 0.0376. The summed E-state index contributed by atoms with van der Waals surface area (Å²) in [4.78, 5) is 2.41. The summed E-state index contributed by atoms with van der Waals surface area (Å²) in [6, 6.07) is 3.81. The molecular formula is C15H24N4O2S. The van der Waals surface area contributed by atoms with Gasteiger partial charge < -0.3 is 14.5 Å². The average Bonchev–Trinajstić information content (AvgIpc) is 2.97. The van der Waals surface area contributed by atoms with E-state index in [1.165, 1.54) is 0 Å². The fourth-order valence-electron chi connectivity index (χ4n) is 2.19. The quantitative estimate of drug-likeness (QED) is 0.358. The van der Waals surface area contributed by atoms with Crippen molar-refractivity contribution in [2.45, 2.75) is 20.3 Å². The first-order valence-corrected chi connectivity index (χ1v) is 8.01. The molecule has 0 spiro atoms. The van der Waals surface area contributed by atoms with Crippen molar-refractivity contribution in [2.75, 3.05) is 39.4 Å². The van der Waals surface area contributed by atoms with E-state index < -0.39 is 0 Å². The SMILES string of the molecule is C/C(=N\NC(=S)NCCCN1CCOCC1)c1ccc(C)o1. The number of nitrogens with zero attached hydrogens (tertiary/aromatic N) is 2. The van der Waals surface area contributed by atoms with E-state index in [0.29, 0.717) is 5.11 Å². The van der Waals surface area contributed by atoms with Crippen LogP contribution in [-0.4, -0.2) is 55.1 Å². The number of aryl methyl sites for hydroxylation is 1. The maximum Gasteiger partial charge on any atom is 0.186 e. The van der Waals surface area contributed by atoms with Crippen LogP contribution in [0.1, 0.15) is 24.9 Å². The van der Waals surface area contributed by atoms with E-state index in [9.17, 15) is 0 Å². The van der Waals surface area contributed by atoms with E-state index >= 15 is 0 Å². The van der Waals surface area contributed by atoms with E-state index in [4.69, 9.17) is 21.4 Å². The van der Waals surface area contributed by atoms with Crippen LogP contribution in [0.4, 0.5) is 0 Å². The maximum absolute atomic E-state index is 5.49. The molecule has 1 aliphatic heterocycles. The van der Waals surface area contributed by atoms with Gasteiger partial charge in [-0.25, -0.2) is 0 Å². The Morgan fingerprint density at radius 3 is 2.82 bits per heavy atom. The lowest BCUT2D eigenvalue weighted by Crippen LogP contribution is -2.39. The highest BCUT2D eigenvalue weighted by Crippen LogP contribution is 2.06. The molecule has 2 rings (SSSR count). The summed E-state index contributed by atoms with van der Waals surface area (Å²) in [5.41, 5.74) is 3.61. The van der Waals surface area contributed by atoms with Crippen LogP contribution >= 0.6 is 12.2 Å². The predicted molar refractivity (Wildman–Crippen MR) is 91.3 cm³/mol. The lowest BCUT2D eigenvalue weighted by atomic mass is 10.3. The minimum Gasteiger partial charge on any atom is -0.460 e. The molecule has 1 aromatic rings. The zero-order valence-electron chi connectivity index (χ0n) is 13.2. The molecule has 0 radical (unpaired) electrons. The van der Waals surface area contributed by atoms with Crippen molar-refractivity contribution in [2.24, 2.45) is 5.10 Å². The number of nitrogens with one attached hydrogen (secondary N) is 2. The molecule has 122 valence electrons. The number of furan rings is 1. The van der Waals surface area contributed by atoms with Crippen molar-refractivity contribution < 1.29 is 9.15 Å². The highest BCUT2D eigenvalue weighted by Gasteiger charge is 2.09. The van der Waals surface area contributed by atoms with E-state index in [0.717, 1.165) is 63.0 Å². The summed E-state index contributed by atoms with van der Waals surface area (Å²) < 4.78 is 10.8. The molecule has 22 heavy (non-hydrogen) atoms. The highest BCUT2D eigenvalue weighted by atomic mass is 32.1. The van der Waals surface area contributed by atoms with Crippen LogP contribution < -0.4 is 10.7 Å². The van der Waals surface area contributed by atoms with Crippen LogP contribution in [0.25, 0.3) is 0 Å². The minimum absolute atomic E-state index is 0.532. The molecule has 1 aliphatic rings. The van der Waals surface area contributed by atoms with Crippen molar-refractivity contribution in [1.29, 1.82) is 0 Å². The first-order valence-electron chi connectivity index (χ1n) is 7.60. The monoisotopic (exact) mass is 324 g/mol. The molecule has 0 unspecified atom stereocenters. The molecule has 7 heteroatoms. The number of thiocarbonyl (C=S) groups is 1. The Bertz CT molecular complexity index is 509. The third-order valence-electron chi connectivity index (χ3n) is 3.46. The second-order valence-electron chi connectivity index (χ2n) is 5.28. The number of hydrogen-bond donors (Lipinski definition) is 2. The van der Waals surface area contributed by atoms with Crippen molar-refractivity contribution in [3.8, 4) is 0 Å². The van der Waals surface area contributed by atoms with Crippen molar-refractivity contribution in [1.82, 2.24) is 15.6 Å². The summed E-state index contributed by atoms with van der Waals surface area (Å²) in [5, 5.41) is 7.91. The molecule has 0 atom stereocenters. The van der Waals surface area contributed by atoms with Crippen LogP contribution in [0.15, 0.2) is 21.7 Å². The number of ether oxygens (including phenoxy) is 1. The van der Waals surface area contributed by atoms with Gasteiger partial charge in [-0.2, -0.15) is 5.10 Å². The number of hydrogen-bond acceptors (Lipinski definition) is 5. The maximum atomic E-state index is 5.49. The van der Waals surface area contributed by atoms with Gasteiger partial charge in [0.15, 0.2) is 5.11 Å². The second kappa shape index (κ2) is 8.87. The average molecular weight is 324 g/mol. The minimum atomic E-state index is 0.532. The molecule has 0 aromatic carbocycles. The Balaban J connectivity index is 1.61. The Kier molecular flexibility index (Phi) is 6.82. The zero-order valence-corrected chi connectivity index (χ0v) is 14.0. The number of morpholine rings is 1. The topological polar surface area (TPSA) is 62.0 Å². The number of hydrazone groups is 1. The Labute approximate surface area is 136 Å². The molecule has 0 amide bonds. The molecular weight excluding hydrogens is 300 g/mol. The van der Waals surface area contributed by atoms with Gasteiger partial charge >= 0.3 is 0 Å². The molecule has 0 saturated carbocycles. The van der Waals surface area contributed by atoms with Gasteiger partial charge in [-0.05, 0) is 51.2 Å². The van der Waals surface area contributed by atoms with Gasteiger partial charge in [0, 0.05) is 19.6 Å². The predicted octanol–water partition coefficient (Wildman–Crippen LogP) is 1.50. The summed E-state index contributed by atoms with van der Waals surface area (Å²) >= 11 is 5.20. The number of rotatable bonds is 6. The van der Waals surface area contributed by atoms with Crippen molar-refractivity contribution >= 4 is 23.0 Å². The van der Waals surface area contributed by atoms with Gasteiger partial charge in [0.2, 0.25) is 0 Å². The largest absolute Gasteiger partial charge is 0.460 e. The Morgan fingerprint density at radius 1 is 1.36 bits per heavy atom. The van der Waals surface area contributed by atoms with Gasteiger partial charge in [0.1, 0.15) is 17.2 Å². The molecule has 0 aliphatic carbocycles. The molecule has 2 N–H and O–H groups in total. The first kappa shape index (κ1) is 16.9. The van der Waals surface area contributed by atoms with Gasteiger partial charge in [-0.15, -0.1) is 0 Å². The molecule has 1 saturated heterocycles. The standard InChI is InChI=1S/C15H24N4O2S/c1-12-4-5-14(21-12)13(2)17-18-15(22)16-6-3-7-19-8-10-20-11-9-19/h4-5H,3,6-11H2,1-2H3,(H2,16,18,22)/b17-13+.